The first-order chi connectivity index (χ1) is 21.6. The minimum Gasteiger partial charge on any atom is -0.321 e. The van der Waals surface area contributed by atoms with Gasteiger partial charge in [-0.25, -0.2) is 0 Å². The van der Waals surface area contributed by atoms with E-state index in [1.165, 1.54) is 0 Å². The molecule has 0 aromatic carbocycles. The molecule has 3 nitrogen and oxygen atoms in total. The molecule has 298 valence electrons. The van der Waals surface area contributed by atoms with E-state index in [0.29, 0.717) is 0 Å². The molecule has 0 unspecified atom stereocenters. The smallest absolute Gasteiger partial charge is 0.321 e. The fraction of sp³-hybridized carbons (Fsp3) is 0.889. The molecule has 0 aromatic heterocycles. The van der Waals surface area contributed by atoms with Gasteiger partial charge in [0.1, 0.15) is 12.1 Å². The number of nitriles is 2. The molecule has 0 N–H and O–H groups in total. The largest absolute Gasteiger partial charge is 0.460 e. The molecule has 1 aliphatic heterocycles. The summed E-state index contributed by atoms with van der Waals surface area (Å²) in [6, 6.07) is -1.66. The number of hydrogen-bond donors (Lipinski definition) is 0. The normalized spacial score (nSPS) is 19.4. The molecule has 0 radical (unpaired) electrons. The number of nitrogens with zero attached hydrogens (tertiary/aromatic N) is 2. The van der Waals surface area contributed by atoms with Crippen LogP contribution in [0.15, 0.2) is 0 Å². The quantitative estimate of drug-likeness (QED) is 0.146. The van der Waals surface area contributed by atoms with Crippen molar-refractivity contribution in [2.24, 2.45) is 0 Å². The number of halogens is 30. The molecular formula is C18F30N2O. The first kappa shape index (κ1) is 45.9. The Morgan fingerprint density at radius 3 is 0.627 bits per heavy atom. The predicted molar refractivity (Wildman–Crippen MR) is 89.2 cm³/mol. The molecule has 0 aliphatic carbocycles. The SMILES string of the molecule is N#CC1(C#N)OC1(C(F)(F)C(F)(F)C(F)(F)C(F)(F)C(F)(F)C(F)(F)C(F)(F)F)C(F)(F)C(F)(F)C(F)(F)C(F)(F)C(F)(F)C(F)(F)C(F)(F)F. The molecule has 51 heavy (non-hydrogen) atoms. The van der Waals surface area contributed by atoms with Gasteiger partial charge in [-0.15, -0.1) is 0 Å². The maximum atomic E-state index is 14.8. The van der Waals surface area contributed by atoms with E-state index in [9.17, 15) is 132 Å². The Labute approximate surface area is 255 Å². The molecule has 0 amide bonds. The first-order valence-corrected chi connectivity index (χ1v) is 10.8. The van der Waals surface area contributed by atoms with Crippen LogP contribution in [0.4, 0.5) is 132 Å². The van der Waals surface area contributed by atoms with Crippen LogP contribution in [-0.4, -0.2) is 94.6 Å². The lowest BCUT2D eigenvalue weighted by Crippen LogP contribution is -2.79. The average molecular weight is 830 g/mol. The summed E-state index contributed by atoms with van der Waals surface area (Å²) in [7, 11) is 0. The fourth-order valence-electron chi connectivity index (χ4n) is 3.58. The number of alkyl halides is 30. The van der Waals surface area contributed by atoms with Crippen molar-refractivity contribution in [1.29, 1.82) is 10.5 Å². The van der Waals surface area contributed by atoms with E-state index >= 15 is 0 Å². The van der Waals surface area contributed by atoms with Gasteiger partial charge in [-0.2, -0.15) is 142 Å². The summed E-state index contributed by atoms with van der Waals surface area (Å²) in [6.45, 7) is 0. The van der Waals surface area contributed by atoms with Gasteiger partial charge in [0.25, 0.3) is 11.2 Å². The highest BCUT2D eigenvalue weighted by Crippen LogP contribution is 2.75. The highest BCUT2D eigenvalue weighted by Gasteiger charge is 3.08. The summed E-state index contributed by atoms with van der Waals surface area (Å²) >= 11 is 0. The average Bonchev–Trinajstić information content (AvgIpc) is 3.63. The Hall–Kier alpha value is -3.16. The standard InChI is InChI=1S/C18F30N2O/c19-5(20,7(23,24)9(27,28)11(31,32)13(35,36)15(39,40)17(43,44)45)4(3(1-49,2-50)51-4)6(21,22)8(25,26)10(29,30)12(33,34)14(37,38)16(41,42)18(46,47)48. The Kier molecular flexibility index (Phi) is 9.64. The van der Waals surface area contributed by atoms with Gasteiger partial charge in [-0.3, -0.25) is 0 Å². The molecule has 1 saturated heterocycles. The number of epoxide rings is 1. The van der Waals surface area contributed by atoms with Gasteiger partial charge in [0, 0.05) is 0 Å². The van der Waals surface area contributed by atoms with Crippen molar-refractivity contribution in [2.45, 2.75) is 94.6 Å². The van der Waals surface area contributed by atoms with Crippen molar-refractivity contribution in [1.82, 2.24) is 0 Å². The Bertz CT molecular complexity index is 1350. The number of ether oxygens (including phenoxy) is 1. The second kappa shape index (κ2) is 10.7. The number of hydrogen-bond acceptors (Lipinski definition) is 3. The Balaban J connectivity index is 4.34. The molecule has 0 saturated carbocycles. The molecule has 33 heteroatoms. The molecule has 0 aromatic rings. The van der Waals surface area contributed by atoms with Gasteiger partial charge in [-0.1, -0.05) is 0 Å². The summed E-state index contributed by atoms with van der Waals surface area (Å²) in [5.74, 6) is -113. The van der Waals surface area contributed by atoms with Crippen LogP contribution >= 0.6 is 0 Å². The van der Waals surface area contributed by atoms with Crippen LogP contribution < -0.4 is 0 Å². The van der Waals surface area contributed by atoms with E-state index in [-0.39, 0.29) is 0 Å². The zero-order chi connectivity index (χ0) is 42.1. The first-order valence-electron chi connectivity index (χ1n) is 10.8. The van der Waals surface area contributed by atoms with Crippen LogP contribution in [-0.2, 0) is 4.74 Å². The Morgan fingerprint density at radius 2 is 0.471 bits per heavy atom. The van der Waals surface area contributed by atoms with Crippen molar-refractivity contribution in [3.63, 3.8) is 0 Å². The number of rotatable bonds is 12. The third kappa shape index (κ3) is 4.68. The lowest BCUT2D eigenvalue weighted by atomic mass is 9.73. The van der Waals surface area contributed by atoms with Crippen LogP contribution in [0.5, 0.6) is 0 Å². The zero-order valence-electron chi connectivity index (χ0n) is 21.6. The molecule has 0 bridgehead atoms. The fourth-order valence-corrected chi connectivity index (χ4v) is 3.58. The lowest BCUT2D eigenvalue weighted by Gasteiger charge is -2.46. The van der Waals surface area contributed by atoms with Gasteiger partial charge in [0.2, 0.25) is 0 Å². The predicted octanol–water partition coefficient (Wildman–Crippen LogP) is 9.29. The van der Waals surface area contributed by atoms with Crippen LogP contribution in [0, 0.1) is 22.7 Å². The minimum absolute atomic E-state index is 0.830. The third-order valence-corrected chi connectivity index (χ3v) is 6.61. The van der Waals surface area contributed by atoms with Gasteiger partial charge < -0.3 is 4.74 Å². The van der Waals surface area contributed by atoms with Gasteiger partial charge >= 0.3 is 83.4 Å². The summed E-state index contributed by atoms with van der Waals surface area (Å²) in [4.78, 5) is 0. The lowest BCUT2D eigenvalue weighted by molar-refractivity contribution is -0.470. The van der Waals surface area contributed by atoms with Crippen molar-refractivity contribution >= 4 is 0 Å². The molecule has 0 spiro atoms. The summed E-state index contributed by atoms with van der Waals surface area (Å²) in [5, 5.41) is 17.0. The van der Waals surface area contributed by atoms with E-state index in [1.54, 1.807) is 0 Å². The van der Waals surface area contributed by atoms with Crippen molar-refractivity contribution in [2.75, 3.05) is 0 Å². The van der Waals surface area contributed by atoms with Crippen LogP contribution in [0.1, 0.15) is 0 Å². The highest BCUT2D eigenvalue weighted by atomic mass is 19.4. The maximum Gasteiger partial charge on any atom is 0.460 e. The summed E-state index contributed by atoms with van der Waals surface area (Å²) in [5.41, 5.74) is -14.4. The van der Waals surface area contributed by atoms with Gasteiger partial charge in [0.15, 0.2) is 0 Å². The molecule has 1 rings (SSSR count). The van der Waals surface area contributed by atoms with Crippen molar-refractivity contribution in [3.05, 3.63) is 0 Å². The molecule has 1 aliphatic rings. The second-order valence-corrected chi connectivity index (χ2v) is 9.58. The van der Waals surface area contributed by atoms with Crippen LogP contribution in [0.2, 0.25) is 0 Å². The molecular weight excluding hydrogens is 830 g/mol. The molecule has 0 atom stereocenters. The second-order valence-electron chi connectivity index (χ2n) is 9.58. The van der Waals surface area contributed by atoms with E-state index in [1.807, 2.05) is 0 Å². The van der Waals surface area contributed by atoms with Crippen LogP contribution in [0.25, 0.3) is 0 Å². The van der Waals surface area contributed by atoms with E-state index < -0.39 is 107 Å². The van der Waals surface area contributed by atoms with E-state index in [0.717, 1.165) is 0 Å². The third-order valence-electron chi connectivity index (χ3n) is 6.61. The van der Waals surface area contributed by atoms with Gasteiger partial charge in [-0.05, 0) is 0 Å². The van der Waals surface area contributed by atoms with Crippen LogP contribution in [0.3, 0.4) is 0 Å². The van der Waals surface area contributed by atoms with E-state index in [2.05, 4.69) is 4.74 Å². The zero-order valence-corrected chi connectivity index (χ0v) is 21.6. The monoisotopic (exact) mass is 830 g/mol. The highest BCUT2D eigenvalue weighted by molar-refractivity contribution is 5.47. The van der Waals surface area contributed by atoms with Crippen molar-refractivity contribution in [3.8, 4) is 12.1 Å². The summed E-state index contributed by atoms with van der Waals surface area (Å²) < 4.78 is 409. The Morgan fingerprint density at radius 1 is 0.294 bits per heavy atom. The van der Waals surface area contributed by atoms with Gasteiger partial charge in [0.05, 0.1) is 0 Å². The summed E-state index contributed by atoms with van der Waals surface area (Å²) in [6.07, 6.45) is -16.6. The minimum atomic E-state index is -9.68. The maximum absolute atomic E-state index is 14.8. The van der Waals surface area contributed by atoms with E-state index in [4.69, 9.17) is 10.5 Å². The molecule has 1 heterocycles. The van der Waals surface area contributed by atoms with Crippen molar-refractivity contribution < 1.29 is 136 Å². The molecule has 1 fully saturated rings. The topological polar surface area (TPSA) is 60.1 Å².